The van der Waals surface area contributed by atoms with Crippen molar-refractivity contribution in [3.8, 4) is 0 Å². The van der Waals surface area contributed by atoms with Crippen molar-refractivity contribution in [2.75, 3.05) is 33.3 Å². The van der Waals surface area contributed by atoms with E-state index < -0.39 is 11.6 Å². The lowest BCUT2D eigenvalue weighted by atomic mass is 10.0. The zero-order valence-corrected chi connectivity index (χ0v) is 12.4. The van der Waals surface area contributed by atoms with Gasteiger partial charge >= 0.3 is 5.97 Å². The molecule has 2 N–H and O–H groups in total. The van der Waals surface area contributed by atoms with Gasteiger partial charge in [-0.05, 0) is 39.3 Å². The van der Waals surface area contributed by atoms with Crippen LogP contribution in [0.3, 0.4) is 0 Å². The Bertz CT molecular complexity index is 276. The number of nitrogens with one attached hydrogen (secondary N) is 1. The molecule has 0 aromatic rings. The van der Waals surface area contributed by atoms with Crippen LogP contribution in [0.2, 0.25) is 0 Å². The van der Waals surface area contributed by atoms with Crippen molar-refractivity contribution in [1.29, 1.82) is 0 Å². The summed E-state index contributed by atoms with van der Waals surface area (Å²) in [5.74, 6) is -0.565. The number of esters is 1. The van der Waals surface area contributed by atoms with Crippen LogP contribution < -0.4 is 5.32 Å². The van der Waals surface area contributed by atoms with Gasteiger partial charge in [-0.2, -0.15) is 0 Å². The first kappa shape index (κ1) is 16.4. The van der Waals surface area contributed by atoms with Crippen LogP contribution in [0.15, 0.2) is 0 Å². The van der Waals surface area contributed by atoms with E-state index >= 15 is 0 Å². The Labute approximate surface area is 116 Å². The molecule has 0 saturated carbocycles. The Balaban J connectivity index is 2.53. The number of carbonyl (C=O) groups excluding carboxylic acids is 1. The maximum atomic E-state index is 11.6. The van der Waals surface area contributed by atoms with Gasteiger partial charge in [-0.15, -0.1) is 0 Å². The lowest BCUT2D eigenvalue weighted by Gasteiger charge is -2.34. The summed E-state index contributed by atoms with van der Waals surface area (Å²) >= 11 is 0. The largest absolute Gasteiger partial charge is 0.467 e. The number of carbonyl (C=O) groups is 1. The first-order valence-electron chi connectivity index (χ1n) is 7.26. The van der Waals surface area contributed by atoms with Crippen molar-refractivity contribution in [3.63, 3.8) is 0 Å². The average Bonchev–Trinajstić information content (AvgIpc) is 2.38. The second-order valence-electron chi connectivity index (χ2n) is 5.65. The number of rotatable bonds is 7. The second-order valence-corrected chi connectivity index (χ2v) is 5.65. The third-order valence-electron chi connectivity index (χ3n) is 3.59. The second kappa shape index (κ2) is 7.82. The van der Waals surface area contributed by atoms with Gasteiger partial charge in [-0.3, -0.25) is 4.90 Å². The number of aliphatic hydroxyl groups is 1. The van der Waals surface area contributed by atoms with E-state index in [0.29, 0.717) is 12.6 Å². The molecular weight excluding hydrogens is 244 g/mol. The molecule has 0 bridgehead atoms. The quantitative estimate of drug-likeness (QED) is 0.670. The molecule has 0 spiro atoms. The Kier molecular flexibility index (Phi) is 6.75. The summed E-state index contributed by atoms with van der Waals surface area (Å²) in [6.45, 7) is 6.78. The fourth-order valence-corrected chi connectivity index (χ4v) is 2.66. The van der Waals surface area contributed by atoms with E-state index in [1.807, 2.05) is 0 Å². The summed E-state index contributed by atoms with van der Waals surface area (Å²) in [6.07, 6.45) is 4.67. The lowest BCUT2D eigenvalue weighted by Crippen LogP contribution is -2.51. The van der Waals surface area contributed by atoms with Gasteiger partial charge < -0.3 is 15.2 Å². The summed E-state index contributed by atoms with van der Waals surface area (Å²) in [5.41, 5.74) is -1.43. The number of methoxy groups -OCH3 is 1. The zero-order chi connectivity index (χ0) is 14.3. The summed E-state index contributed by atoms with van der Waals surface area (Å²) in [7, 11) is 1.31. The highest BCUT2D eigenvalue weighted by molar-refractivity contribution is 5.78. The third-order valence-corrected chi connectivity index (χ3v) is 3.59. The van der Waals surface area contributed by atoms with Crippen molar-refractivity contribution < 1.29 is 14.6 Å². The topological polar surface area (TPSA) is 61.8 Å². The summed E-state index contributed by atoms with van der Waals surface area (Å²) < 4.78 is 4.65. The average molecular weight is 272 g/mol. The van der Waals surface area contributed by atoms with E-state index in [1.54, 1.807) is 0 Å². The molecule has 1 rings (SSSR count). The molecule has 5 heteroatoms. The molecule has 1 saturated heterocycles. The molecule has 1 heterocycles. The minimum Gasteiger partial charge on any atom is -0.467 e. The highest BCUT2D eigenvalue weighted by atomic mass is 16.5. The standard InChI is InChI=1S/C14H28N2O3/c1-4-9-16(10-12-7-5-6-8-15-12)11-14(2,18)13(17)19-3/h12,15,18H,4-11H2,1-3H3. The van der Waals surface area contributed by atoms with Crippen LogP contribution in [0.5, 0.6) is 0 Å². The SMILES string of the molecule is CCCN(CC1CCCCN1)CC(C)(O)C(=O)OC. The van der Waals surface area contributed by atoms with Crippen molar-refractivity contribution in [3.05, 3.63) is 0 Å². The van der Waals surface area contributed by atoms with Crippen LogP contribution in [0, 0.1) is 0 Å². The molecule has 2 unspecified atom stereocenters. The van der Waals surface area contributed by atoms with Crippen molar-refractivity contribution >= 4 is 5.97 Å². The van der Waals surface area contributed by atoms with E-state index in [1.165, 1.54) is 33.3 Å². The maximum Gasteiger partial charge on any atom is 0.338 e. The highest BCUT2D eigenvalue weighted by Gasteiger charge is 2.34. The zero-order valence-electron chi connectivity index (χ0n) is 12.4. The van der Waals surface area contributed by atoms with Gasteiger partial charge in [-0.25, -0.2) is 4.79 Å². The van der Waals surface area contributed by atoms with E-state index in [0.717, 1.165) is 26.1 Å². The van der Waals surface area contributed by atoms with Crippen molar-refractivity contribution in [1.82, 2.24) is 10.2 Å². The van der Waals surface area contributed by atoms with Gasteiger partial charge in [0.25, 0.3) is 0 Å². The third kappa shape index (κ3) is 5.47. The van der Waals surface area contributed by atoms with Gasteiger partial charge in [0.2, 0.25) is 0 Å². The van der Waals surface area contributed by atoms with Crippen LogP contribution in [0.1, 0.15) is 39.5 Å². The molecular formula is C14H28N2O3. The van der Waals surface area contributed by atoms with Gasteiger partial charge in [0.1, 0.15) is 0 Å². The smallest absolute Gasteiger partial charge is 0.338 e. The van der Waals surface area contributed by atoms with Crippen LogP contribution in [-0.4, -0.2) is 60.9 Å². The molecule has 0 amide bonds. The first-order chi connectivity index (χ1) is 8.99. The molecule has 5 nitrogen and oxygen atoms in total. The molecule has 0 aliphatic carbocycles. The minimum absolute atomic E-state index is 0.325. The molecule has 0 radical (unpaired) electrons. The van der Waals surface area contributed by atoms with Gasteiger partial charge in [-0.1, -0.05) is 13.3 Å². The minimum atomic E-state index is -1.43. The normalized spacial score (nSPS) is 23.1. The monoisotopic (exact) mass is 272 g/mol. The Morgan fingerprint density at radius 3 is 2.79 bits per heavy atom. The predicted molar refractivity (Wildman–Crippen MR) is 75.0 cm³/mol. The Morgan fingerprint density at radius 1 is 1.53 bits per heavy atom. The van der Waals surface area contributed by atoms with E-state index in [9.17, 15) is 9.90 Å². The van der Waals surface area contributed by atoms with Gasteiger partial charge in [0.05, 0.1) is 7.11 Å². The van der Waals surface area contributed by atoms with Crippen LogP contribution in [-0.2, 0) is 9.53 Å². The van der Waals surface area contributed by atoms with Crippen LogP contribution in [0.4, 0.5) is 0 Å². The van der Waals surface area contributed by atoms with Crippen molar-refractivity contribution in [2.24, 2.45) is 0 Å². The highest BCUT2D eigenvalue weighted by Crippen LogP contribution is 2.13. The number of piperidine rings is 1. The molecule has 1 fully saturated rings. The van der Waals surface area contributed by atoms with Gasteiger partial charge in [0.15, 0.2) is 5.60 Å². The number of hydrogen-bond acceptors (Lipinski definition) is 5. The van der Waals surface area contributed by atoms with Crippen LogP contribution >= 0.6 is 0 Å². The van der Waals surface area contributed by atoms with Crippen LogP contribution in [0.25, 0.3) is 0 Å². The molecule has 0 aromatic carbocycles. The Hall–Kier alpha value is -0.650. The van der Waals surface area contributed by atoms with E-state index in [2.05, 4.69) is 21.9 Å². The number of nitrogens with zero attached hydrogens (tertiary/aromatic N) is 1. The van der Waals surface area contributed by atoms with Gasteiger partial charge in [0, 0.05) is 19.1 Å². The molecule has 1 aliphatic heterocycles. The maximum absolute atomic E-state index is 11.6. The molecule has 0 aromatic heterocycles. The molecule has 112 valence electrons. The first-order valence-corrected chi connectivity index (χ1v) is 7.26. The summed E-state index contributed by atoms with van der Waals surface area (Å²) in [6, 6.07) is 0.466. The molecule has 2 atom stereocenters. The lowest BCUT2D eigenvalue weighted by molar-refractivity contribution is -0.162. The Morgan fingerprint density at radius 2 is 2.26 bits per heavy atom. The fourth-order valence-electron chi connectivity index (χ4n) is 2.66. The predicted octanol–water partition coefficient (Wildman–Crippen LogP) is 0.765. The number of hydrogen-bond donors (Lipinski definition) is 2. The molecule has 1 aliphatic rings. The number of ether oxygens (including phenoxy) is 1. The van der Waals surface area contributed by atoms with Crippen molar-refractivity contribution in [2.45, 2.75) is 51.2 Å². The van der Waals surface area contributed by atoms with E-state index in [-0.39, 0.29) is 0 Å². The molecule has 19 heavy (non-hydrogen) atoms. The summed E-state index contributed by atoms with van der Waals surface area (Å²) in [4.78, 5) is 13.7. The van der Waals surface area contributed by atoms with E-state index in [4.69, 9.17) is 0 Å². The fraction of sp³-hybridized carbons (Fsp3) is 0.929. The summed E-state index contributed by atoms with van der Waals surface area (Å²) in [5, 5.41) is 13.7.